The highest BCUT2D eigenvalue weighted by atomic mass is 16.7. The van der Waals surface area contributed by atoms with Crippen LogP contribution in [0.15, 0.2) is 29.3 Å². The Kier molecular flexibility index (Phi) is 4.35. The van der Waals surface area contributed by atoms with Gasteiger partial charge < -0.3 is 19.2 Å². The number of carbonyl (C=O) groups excluding carboxylic acids is 1. The number of aliphatic imine (C=N–C) groups is 1. The van der Waals surface area contributed by atoms with Gasteiger partial charge in [0, 0.05) is 34.8 Å². The summed E-state index contributed by atoms with van der Waals surface area (Å²) in [6, 6.07) is 8.13. The largest absolute Gasteiger partial charge is 0.462 e. The summed E-state index contributed by atoms with van der Waals surface area (Å²) in [6.07, 6.45) is 1.46. The molecule has 4 rings (SSSR count). The number of ether oxygens (including phenoxy) is 3. The molecule has 1 aromatic carbocycles. The van der Waals surface area contributed by atoms with Crippen LogP contribution in [0.3, 0.4) is 0 Å². The molecule has 1 fully saturated rings. The maximum atomic E-state index is 12.9. The van der Waals surface area contributed by atoms with E-state index >= 15 is 0 Å². The number of benzene rings is 1. The van der Waals surface area contributed by atoms with E-state index < -0.39 is 11.7 Å². The molecule has 2 aromatic rings. The Hall–Kier alpha value is -2.18. The fourth-order valence-electron chi connectivity index (χ4n) is 3.95. The molecule has 6 nitrogen and oxygen atoms in total. The monoisotopic (exact) mass is 370 g/mol. The Morgan fingerprint density at radius 1 is 1.30 bits per heavy atom. The average Bonchev–Trinajstić information content (AvgIpc) is 3.12. The van der Waals surface area contributed by atoms with Crippen molar-refractivity contribution in [3.63, 3.8) is 0 Å². The fourth-order valence-corrected chi connectivity index (χ4v) is 3.95. The van der Waals surface area contributed by atoms with E-state index in [0.29, 0.717) is 13.2 Å². The normalized spacial score (nSPS) is 25.9. The van der Waals surface area contributed by atoms with Gasteiger partial charge in [-0.1, -0.05) is 32.0 Å². The minimum absolute atomic E-state index is 0.172. The SMILES string of the molecule is CC1(C)OCC(COC(=O)C2C=NCC(C)(C)c3c2[nH]c2ccccc32)O1. The van der Waals surface area contributed by atoms with Gasteiger partial charge in [-0.2, -0.15) is 0 Å². The zero-order valence-electron chi connectivity index (χ0n) is 16.2. The lowest BCUT2D eigenvalue weighted by molar-refractivity contribution is -0.158. The highest BCUT2D eigenvalue weighted by Crippen LogP contribution is 2.39. The van der Waals surface area contributed by atoms with E-state index in [1.807, 2.05) is 32.0 Å². The first kappa shape index (κ1) is 18.2. The maximum absolute atomic E-state index is 12.9. The summed E-state index contributed by atoms with van der Waals surface area (Å²) < 4.78 is 16.8. The summed E-state index contributed by atoms with van der Waals surface area (Å²) in [4.78, 5) is 20.8. The molecule has 2 aliphatic rings. The predicted molar refractivity (Wildman–Crippen MR) is 103 cm³/mol. The lowest BCUT2D eigenvalue weighted by Crippen LogP contribution is -2.27. The summed E-state index contributed by atoms with van der Waals surface area (Å²) in [7, 11) is 0. The number of esters is 1. The van der Waals surface area contributed by atoms with Crippen molar-refractivity contribution in [2.45, 2.75) is 50.9 Å². The van der Waals surface area contributed by atoms with E-state index in [1.54, 1.807) is 6.21 Å². The molecule has 2 atom stereocenters. The highest BCUT2D eigenvalue weighted by Gasteiger charge is 2.37. The fraction of sp³-hybridized carbons (Fsp3) is 0.524. The van der Waals surface area contributed by atoms with Gasteiger partial charge in [-0.3, -0.25) is 9.79 Å². The number of nitrogens with zero attached hydrogens (tertiary/aromatic N) is 1. The summed E-state index contributed by atoms with van der Waals surface area (Å²) in [6.45, 7) is 9.23. The van der Waals surface area contributed by atoms with Crippen molar-refractivity contribution < 1.29 is 19.0 Å². The number of para-hydroxylation sites is 1. The molecule has 1 saturated heterocycles. The molecule has 0 aliphatic carbocycles. The Bertz CT molecular complexity index is 897. The lowest BCUT2D eigenvalue weighted by Gasteiger charge is -2.23. The van der Waals surface area contributed by atoms with E-state index in [0.717, 1.165) is 22.2 Å². The first-order valence-electron chi connectivity index (χ1n) is 9.36. The zero-order chi connectivity index (χ0) is 19.2. The number of H-pyrrole nitrogens is 1. The van der Waals surface area contributed by atoms with E-state index in [1.165, 1.54) is 0 Å². The van der Waals surface area contributed by atoms with Crippen molar-refractivity contribution in [2.24, 2.45) is 4.99 Å². The molecule has 3 heterocycles. The number of aromatic amines is 1. The van der Waals surface area contributed by atoms with Gasteiger partial charge in [0.1, 0.15) is 18.6 Å². The number of fused-ring (bicyclic) bond motifs is 3. The van der Waals surface area contributed by atoms with Gasteiger partial charge in [0.15, 0.2) is 5.79 Å². The van der Waals surface area contributed by atoms with Gasteiger partial charge >= 0.3 is 5.97 Å². The third kappa shape index (κ3) is 3.39. The number of hydrogen-bond donors (Lipinski definition) is 1. The second kappa shape index (κ2) is 6.46. The number of hydrogen-bond acceptors (Lipinski definition) is 5. The average molecular weight is 370 g/mol. The van der Waals surface area contributed by atoms with Crippen LogP contribution in [0.25, 0.3) is 10.9 Å². The quantitative estimate of drug-likeness (QED) is 0.842. The summed E-state index contributed by atoms with van der Waals surface area (Å²) in [5.74, 6) is -1.50. The van der Waals surface area contributed by atoms with Crippen LogP contribution in [-0.2, 0) is 24.4 Å². The van der Waals surface area contributed by atoms with Crippen molar-refractivity contribution in [1.82, 2.24) is 4.98 Å². The van der Waals surface area contributed by atoms with Crippen LogP contribution >= 0.6 is 0 Å². The van der Waals surface area contributed by atoms with Gasteiger partial charge in [0.2, 0.25) is 0 Å². The van der Waals surface area contributed by atoms with E-state index in [2.05, 4.69) is 29.9 Å². The molecule has 2 aliphatic heterocycles. The lowest BCUT2D eigenvalue weighted by atomic mass is 9.81. The number of carbonyl (C=O) groups is 1. The second-order valence-electron chi connectivity index (χ2n) is 8.39. The molecule has 1 N–H and O–H groups in total. The van der Waals surface area contributed by atoms with Crippen LogP contribution in [0, 0.1) is 0 Å². The number of aromatic nitrogens is 1. The van der Waals surface area contributed by atoms with Crippen LogP contribution in [0.4, 0.5) is 0 Å². The van der Waals surface area contributed by atoms with Gasteiger partial charge in [-0.25, -0.2) is 0 Å². The van der Waals surface area contributed by atoms with Gasteiger partial charge in [0.25, 0.3) is 0 Å². The van der Waals surface area contributed by atoms with Crippen molar-refractivity contribution >= 4 is 23.1 Å². The summed E-state index contributed by atoms with van der Waals surface area (Å²) in [5.41, 5.74) is 2.86. The molecule has 6 heteroatoms. The summed E-state index contributed by atoms with van der Waals surface area (Å²) in [5, 5.41) is 1.13. The second-order valence-corrected chi connectivity index (χ2v) is 8.39. The molecule has 0 spiro atoms. The van der Waals surface area contributed by atoms with Gasteiger partial charge in [-0.05, 0) is 25.5 Å². The maximum Gasteiger partial charge on any atom is 0.320 e. The van der Waals surface area contributed by atoms with Crippen molar-refractivity contribution in [3.05, 3.63) is 35.5 Å². The zero-order valence-corrected chi connectivity index (χ0v) is 16.2. The van der Waals surface area contributed by atoms with Crippen LogP contribution in [0.1, 0.15) is 44.9 Å². The highest BCUT2D eigenvalue weighted by molar-refractivity contribution is 5.99. The topological polar surface area (TPSA) is 72.9 Å². The third-order valence-corrected chi connectivity index (χ3v) is 5.20. The standard InChI is InChI=1S/C21H26N2O4/c1-20(2)12-22-9-15(18-17(20)14-7-5-6-8-16(14)23-18)19(24)25-10-13-11-26-21(3,4)27-13/h5-9,13,15,23H,10-12H2,1-4H3. The third-order valence-electron chi connectivity index (χ3n) is 5.20. The Labute approximate surface area is 158 Å². The first-order chi connectivity index (χ1) is 12.8. The number of nitrogens with one attached hydrogen (secondary N) is 1. The first-order valence-corrected chi connectivity index (χ1v) is 9.36. The van der Waals surface area contributed by atoms with E-state index in [4.69, 9.17) is 14.2 Å². The molecule has 0 radical (unpaired) electrons. The molecule has 27 heavy (non-hydrogen) atoms. The van der Waals surface area contributed by atoms with Crippen molar-refractivity contribution in [1.29, 1.82) is 0 Å². The van der Waals surface area contributed by atoms with Crippen LogP contribution < -0.4 is 0 Å². The van der Waals surface area contributed by atoms with E-state index in [9.17, 15) is 4.79 Å². The molecule has 2 unspecified atom stereocenters. The smallest absolute Gasteiger partial charge is 0.320 e. The Morgan fingerprint density at radius 2 is 2.07 bits per heavy atom. The van der Waals surface area contributed by atoms with Crippen molar-refractivity contribution in [3.8, 4) is 0 Å². The van der Waals surface area contributed by atoms with Crippen LogP contribution in [0.2, 0.25) is 0 Å². The van der Waals surface area contributed by atoms with Crippen LogP contribution in [-0.4, -0.2) is 48.8 Å². The van der Waals surface area contributed by atoms with Crippen molar-refractivity contribution in [2.75, 3.05) is 19.8 Å². The van der Waals surface area contributed by atoms with Gasteiger partial charge in [-0.15, -0.1) is 0 Å². The minimum atomic E-state index is -0.630. The molecule has 144 valence electrons. The predicted octanol–water partition coefficient (Wildman–Crippen LogP) is 3.31. The summed E-state index contributed by atoms with van der Waals surface area (Å²) >= 11 is 0. The molecular formula is C21H26N2O4. The molecule has 0 saturated carbocycles. The molecular weight excluding hydrogens is 344 g/mol. The molecule has 0 bridgehead atoms. The molecule has 1 aromatic heterocycles. The Morgan fingerprint density at radius 3 is 2.81 bits per heavy atom. The van der Waals surface area contributed by atoms with Crippen LogP contribution in [0.5, 0.6) is 0 Å². The van der Waals surface area contributed by atoms with E-state index in [-0.39, 0.29) is 24.1 Å². The number of rotatable bonds is 3. The Balaban J connectivity index is 1.60. The molecule has 0 amide bonds. The van der Waals surface area contributed by atoms with Gasteiger partial charge in [0.05, 0.1) is 6.61 Å². The minimum Gasteiger partial charge on any atom is -0.462 e.